The number of carbonyl (C=O) groups excluding carboxylic acids is 2. The maximum absolute atomic E-state index is 13.8. The topological polar surface area (TPSA) is 106 Å². The maximum Gasteiger partial charge on any atom is 0.420 e. The van der Waals surface area contributed by atoms with Crippen LogP contribution in [-0.4, -0.2) is 33.8 Å². The summed E-state index contributed by atoms with van der Waals surface area (Å²) in [7, 11) is 0. The molecule has 9 nitrogen and oxygen atoms in total. The van der Waals surface area contributed by atoms with Crippen LogP contribution >= 0.6 is 0 Å². The number of aromatic nitrogens is 1. The summed E-state index contributed by atoms with van der Waals surface area (Å²) in [4.78, 5) is 34.6. The molecular formula is C35H40N4O5. The standard InChI is InChI=1S/C35H40N4O5/c1-33(2,3)43-31(40)38-26(22-36)16-18-28(38)25-15-17-29-27(21-25)35(19-11-8-12-20-35)30(39(29)32(41)44-34(4,5)6)37-42-23-24-13-9-7-10-14-24/h7,9-10,13-18,21H,8,11-12,19-20,23H2,1-6H3. The molecule has 2 heterocycles. The molecule has 2 aromatic carbocycles. The minimum atomic E-state index is -0.742. The zero-order chi connectivity index (χ0) is 31.7. The number of anilines is 1. The molecule has 0 saturated heterocycles. The number of hydrogen-bond acceptors (Lipinski definition) is 7. The normalized spacial score (nSPS) is 16.8. The third-order valence-corrected chi connectivity index (χ3v) is 7.77. The summed E-state index contributed by atoms with van der Waals surface area (Å²) in [5.74, 6) is 0.509. The minimum absolute atomic E-state index is 0.175. The van der Waals surface area contributed by atoms with Crippen LogP contribution in [0.3, 0.4) is 0 Å². The van der Waals surface area contributed by atoms with Crippen LogP contribution in [0.25, 0.3) is 11.3 Å². The highest BCUT2D eigenvalue weighted by Crippen LogP contribution is 2.52. The number of rotatable bonds is 4. The molecule has 5 rings (SSSR count). The highest BCUT2D eigenvalue weighted by Gasteiger charge is 2.53. The van der Waals surface area contributed by atoms with Gasteiger partial charge in [-0.25, -0.2) is 19.1 Å². The van der Waals surface area contributed by atoms with Crippen molar-refractivity contribution >= 4 is 23.7 Å². The number of oxime groups is 1. The number of nitrogens with zero attached hydrogens (tertiary/aromatic N) is 4. The lowest BCUT2D eigenvalue weighted by molar-refractivity contribution is 0.0537. The lowest BCUT2D eigenvalue weighted by atomic mass is 9.69. The number of amides is 1. The Labute approximate surface area is 259 Å². The van der Waals surface area contributed by atoms with Crippen molar-refractivity contribution in [1.29, 1.82) is 5.26 Å². The number of fused-ring (bicyclic) bond motifs is 2. The Morgan fingerprint density at radius 3 is 2.18 bits per heavy atom. The van der Waals surface area contributed by atoms with Gasteiger partial charge in [0.05, 0.1) is 16.8 Å². The summed E-state index contributed by atoms with van der Waals surface area (Å²) in [6, 6.07) is 20.9. The van der Waals surface area contributed by atoms with Gasteiger partial charge in [-0.2, -0.15) is 5.26 Å². The van der Waals surface area contributed by atoms with Gasteiger partial charge in [0.25, 0.3) is 0 Å². The van der Waals surface area contributed by atoms with Crippen LogP contribution in [-0.2, 0) is 26.3 Å². The Kier molecular flexibility index (Phi) is 8.30. The molecule has 1 fully saturated rings. The molecule has 9 heteroatoms. The van der Waals surface area contributed by atoms with Crippen molar-refractivity contribution in [3.05, 3.63) is 77.5 Å². The predicted octanol–water partition coefficient (Wildman–Crippen LogP) is 8.30. The molecule has 2 aliphatic rings. The molecule has 1 spiro atoms. The van der Waals surface area contributed by atoms with Gasteiger partial charge in [0, 0.05) is 0 Å². The van der Waals surface area contributed by atoms with E-state index in [0.29, 0.717) is 17.2 Å². The van der Waals surface area contributed by atoms with Crippen LogP contribution in [0.4, 0.5) is 15.3 Å². The van der Waals surface area contributed by atoms with Crippen molar-refractivity contribution in [3.63, 3.8) is 0 Å². The van der Waals surface area contributed by atoms with E-state index in [1.807, 2.05) is 69.3 Å². The van der Waals surface area contributed by atoms with E-state index in [-0.39, 0.29) is 12.3 Å². The molecule has 0 bridgehead atoms. The first kappa shape index (κ1) is 30.9. The van der Waals surface area contributed by atoms with Crippen molar-refractivity contribution in [2.45, 2.75) is 96.9 Å². The van der Waals surface area contributed by atoms with Gasteiger partial charge in [0.1, 0.15) is 29.6 Å². The second-order valence-electron chi connectivity index (χ2n) is 13.4. The van der Waals surface area contributed by atoms with Gasteiger partial charge in [-0.1, -0.05) is 60.8 Å². The van der Waals surface area contributed by atoms with E-state index in [0.717, 1.165) is 48.8 Å². The molecule has 1 amide bonds. The maximum atomic E-state index is 13.8. The quantitative estimate of drug-likeness (QED) is 0.281. The Hall–Kier alpha value is -4.58. The zero-order valence-corrected chi connectivity index (χ0v) is 26.3. The first-order chi connectivity index (χ1) is 20.8. The van der Waals surface area contributed by atoms with Gasteiger partial charge in [0.15, 0.2) is 5.84 Å². The molecule has 230 valence electrons. The van der Waals surface area contributed by atoms with Crippen LogP contribution in [0.2, 0.25) is 0 Å². The average molecular weight is 597 g/mol. The molecule has 3 aromatic rings. The Morgan fingerprint density at radius 2 is 1.55 bits per heavy atom. The third-order valence-electron chi connectivity index (χ3n) is 7.77. The van der Waals surface area contributed by atoms with Crippen LogP contribution in [0.15, 0.2) is 65.8 Å². The Morgan fingerprint density at radius 1 is 0.886 bits per heavy atom. The van der Waals surface area contributed by atoms with E-state index in [2.05, 4.69) is 11.2 Å². The summed E-state index contributed by atoms with van der Waals surface area (Å²) in [5.41, 5.74) is 1.91. The Balaban J connectivity index is 1.64. The first-order valence-electron chi connectivity index (χ1n) is 15.1. The summed E-state index contributed by atoms with van der Waals surface area (Å²) in [6.45, 7) is 11.1. The van der Waals surface area contributed by atoms with Crippen LogP contribution in [0.1, 0.15) is 90.5 Å². The number of hydrogen-bond donors (Lipinski definition) is 0. The smallest absolute Gasteiger partial charge is 0.420 e. The fraction of sp³-hybridized carbons (Fsp3) is 0.429. The van der Waals surface area contributed by atoms with Gasteiger partial charge >= 0.3 is 12.2 Å². The predicted molar refractivity (Wildman–Crippen MR) is 168 cm³/mol. The monoisotopic (exact) mass is 596 g/mol. The fourth-order valence-corrected chi connectivity index (χ4v) is 5.99. The fourth-order valence-electron chi connectivity index (χ4n) is 5.99. The zero-order valence-electron chi connectivity index (χ0n) is 26.3. The highest BCUT2D eigenvalue weighted by molar-refractivity contribution is 6.23. The van der Waals surface area contributed by atoms with Crippen LogP contribution in [0.5, 0.6) is 0 Å². The van der Waals surface area contributed by atoms with Gasteiger partial charge < -0.3 is 14.3 Å². The minimum Gasteiger partial charge on any atom is -0.443 e. The number of nitriles is 1. The van der Waals surface area contributed by atoms with E-state index in [4.69, 9.17) is 14.3 Å². The number of benzene rings is 2. The third kappa shape index (κ3) is 6.21. The molecule has 1 aliphatic heterocycles. The number of carbonyl (C=O) groups is 2. The number of amidine groups is 1. The van der Waals surface area contributed by atoms with Crippen molar-refractivity contribution < 1.29 is 23.9 Å². The summed E-state index contributed by atoms with van der Waals surface area (Å²) >= 11 is 0. The molecule has 0 N–H and O–H groups in total. The largest absolute Gasteiger partial charge is 0.443 e. The van der Waals surface area contributed by atoms with Crippen molar-refractivity contribution in [1.82, 2.24) is 4.57 Å². The van der Waals surface area contributed by atoms with E-state index in [9.17, 15) is 14.9 Å². The summed E-state index contributed by atoms with van der Waals surface area (Å²) < 4.78 is 12.8. The highest BCUT2D eigenvalue weighted by atomic mass is 16.6. The average Bonchev–Trinajstić information content (AvgIpc) is 3.50. The molecule has 44 heavy (non-hydrogen) atoms. The summed E-state index contributed by atoms with van der Waals surface area (Å²) in [5, 5.41) is 14.5. The number of ether oxygens (including phenoxy) is 2. The molecule has 0 unspecified atom stereocenters. The van der Waals surface area contributed by atoms with Crippen molar-refractivity contribution in [3.8, 4) is 17.3 Å². The SMILES string of the molecule is CC(C)(C)OC(=O)N1C(=NOCc2ccccc2)C2(CCCCC2)c2cc(-c3ccc(C#N)n3C(=O)OC(C)(C)C)ccc21. The molecule has 1 saturated carbocycles. The van der Waals surface area contributed by atoms with Crippen molar-refractivity contribution in [2.24, 2.45) is 5.16 Å². The van der Waals surface area contributed by atoms with Crippen LogP contribution in [0, 0.1) is 11.3 Å². The Bertz CT molecular complexity index is 1610. The summed E-state index contributed by atoms with van der Waals surface area (Å²) in [6.07, 6.45) is 3.37. The van der Waals surface area contributed by atoms with E-state index < -0.39 is 28.8 Å². The molecule has 1 aliphatic carbocycles. The van der Waals surface area contributed by atoms with Gasteiger partial charge in [-0.3, -0.25) is 0 Å². The van der Waals surface area contributed by atoms with Gasteiger partial charge in [0.2, 0.25) is 0 Å². The molecule has 0 radical (unpaired) electrons. The van der Waals surface area contributed by atoms with Crippen molar-refractivity contribution in [2.75, 3.05) is 4.90 Å². The second kappa shape index (κ2) is 11.8. The van der Waals surface area contributed by atoms with E-state index >= 15 is 0 Å². The van der Waals surface area contributed by atoms with Gasteiger partial charge in [-0.15, -0.1) is 0 Å². The van der Waals surface area contributed by atoms with E-state index in [1.165, 1.54) is 4.57 Å². The lowest BCUT2D eigenvalue weighted by Crippen LogP contribution is -2.46. The second-order valence-corrected chi connectivity index (χ2v) is 13.4. The molecule has 0 atom stereocenters. The van der Waals surface area contributed by atoms with E-state index in [1.54, 1.807) is 37.8 Å². The van der Waals surface area contributed by atoms with Gasteiger partial charge in [-0.05, 0) is 95.3 Å². The van der Waals surface area contributed by atoms with Crippen LogP contribution < -0.4 is 4.90 Å². The molecule has 1 aromatic heterocycles. The molecular weight excluding hydrogens is 556 g/mol. The first-order valence-corrected chi connectivity index (χ1v) is 15.1. The lowest BCUT2D eigenvalue weighted by Gasteiger charge is -2.35.